The zero-order chi connectivity index (χ0) is 14.7. The summed E-state index contributed by atoms with van der Waals surface area (Å²) < 4.78 is 7.12. The number of ether oxygens (including phenoxy) is 1. The molecule has 1 atom stereocenters. The van der Waals surface area contributed by atoms with Gasteiger partial charge in [-0.1, -0.05) is 19.1 Å². The lowest BCUT2D eigenvalue weighted by Crippen LogP contribution is -2.11. The van der Waals surface area contributed by atoms with Crippen molar-refractivity contribution in [2.45, 2.75) is 33.2 Å². The Kier molecular flexibility index (Phi) is 4.32. The molecule has 4 nitrogen and oxygen atoms in total. The fourth-order valence-electron chi connectivity index (χ4n) is 2.41. The van der Waals surface area contributed by atoms with Crippen LogP contribution >= 0.6 is 0 Å². The summed E-state index contributed by atoms with van der Waals surface area (Å²) in [6.45, 7) is 6.31. The van der Waals surface area contributed by atoms with Gasteiger partial charge in [0.25, 0.3) is 0 Å². The Morgan fingerprint density at radius 2 is 1.90 bits per heavy atom. The van der Waals surface area contributed by atoms with E-state index in [-0.39, 0.29) is 6.04 Å². The number of rotatable bonds is 5. The van der Waals surface area contributed by atoms with Gasteiger partial charge < -0.3 is 10.1 Å². The van der Waals surface area contributed by atoms with Crippen molar-refractivity contribution in [3.05, 3.63) is 41.2 Å². The van der Waals surface area contributed by atoms with E-state index in [0.717, 1.165) is 29.2 Å². The molecule has 0 fully saturated rings. The zero-order valence-electron chi connectivity index (χ0n) is 12.9. The molecule has 0 radical (unpaired) electrons. The molecule has 1 unspecified atom stereocenters. The van der Waals surface area contributed by atoms with Crippen molar-refractivity contribution >= 4 is 5.69 Å². The van der Waals surface area contributed by atoms with Gasteiger partial charge in [-0.15, -0.1) is 0 Å². The van der Waals surface area contributed by atoms with Crippen LogP contribution in [0.15, 0.2) is 24.3 Å². The van der Waals surface area contributed by atoms with Crippen LogP contribution in [0.1, 0.15) is 36.3 Å². The number of hydrogen-bond acceptors (Lipinski definition) is 3. The minimum Gasteiger partial charge on any atom is -0.497 e. The van der Waals surface area contributed by atoms with E-state index in [1.54, 1.807) is 7.11 Å². The van der Waals surface area contributed by atoms with Crippen LogP contribution in [-0.2, 0) is 7.05 Å². The average molecular weight is 273 g/mol. The molecule has 0 bridgehead atoms. The van der Waals surface area contributed by atoms with Crippen LogP contribution in [0.3, 0.4) is 0 Å². The van der Waals surface area contributed by atoms with Gasteiger partial charge in [0.05, 0.1) is 30.2 Å². The van der Waals surface area contributed by atoms with E-state index in [9.17, 15) is 0 Å². The second-order valence-corrected chi connectivity index (χ2v) is 5.05. The van der Waals surface area contributed by atoms with Gasteiger partial charge in [0.15, 0.2) is 0 Å². The van der Waals surface area contributed by atoms with Gasteiger partial charge in [0.2, 0.25) is 0 Å². The molecule has 108 valence electrons. The first-order valence-corrected chi connectivity index (χ1v) is 6.97. The average Bonchev–Trinajstić information content (AvgIpc) is 2.70. The lowest BCUT2D eigenvalue weighted by molar-refractivity contribution is 0.414. The third kappa shape index (κ3) is 2.79. The van der Waals surface area contributed by atoms with Crippen LogP contribution in [0, 0.1) is 13.8 Å². The van der Waals surface area contributed by atoms with Gasteiger partial charge in [-0.3, -0.25) is 4.68 Å². The lowest BCUT2D eigenvalue weighted by Gasteiger charge is -2.19. The number of nitrogens with zero attached hydrogens (tertiary/aromatic N) is 2. The predicted octanol–water partition coefficient (Wildman–Crippen LogP) is 3.61. The van der Waals surface area contributed by atoms with Crippen LogP contribution in [0.25, 0.3) is 0 Å². The van der Waals surface area contributed by atoms with Gasteiger partial charge in [-0.05, 0) is 38.0 Å². The quantitative estimate of drug-likeness (QED) is 0.904. The molecule has 20 heavy (non-hydrogen) atoms. The molecule has 0 amide bonds. The maximum Gasteiger partial charge on any atom is 0.118 e. The molecule has 0 spiro atoms. The molecule has 1 aromatic heterocycles. The number of methoxy groups -OCH3 is 1. The number of aryl methyl sites for hydroxylation is 2. The van der Waals surface area contributed by atoms with Crippen LogP contribution in [0.5, 0.6) is 5.75 Å². The highest BCUT2D eigenvalue weighted by molar-refractivity contribution is 5.53. The Morgan fingerprint density at radius 1 is 1.25 bits per heavy atom. The normalized spacial score (nSPS) is 12.2. The molecule has 0 aliphatic heterocycles. The van der Waals surface area contributed by atoms with Gasteiger partial charge in [-0.2, -0.15) is 5.10 Å². The van der Waals surface area contributed by atoms with E-state index in [4.69, 9.17) is 4.74 Å². The molecule has 2 aromatic rings. The molecular weight excluding hydrogens is 250 g/mol. The maximum atomic E-state index is 5.21. The Hall–Kier alpha value is -1.97. The van der Waals surface area contributed by atoms with Crippen molar-refractivity contribution in [3.63, 3.8) is 0 Å². The minimum atomic E-state index is 0.280. The molecule has 0 saturated carbocycles. The minimum absolute atomic E-state index is 0.280. The maximum absolute atomic E-state index is 5.21. The van der Waals surface area contributed by atoms with E-state index in [2.05, 4.69) is 36.4 Å². The molecule has 1 aromatic carbocycles. The summed E-state index contributed by atoms with van der Waals surface area (Å²) in [5.74, 6) is 0.886. The topological polar surface area (TPSA) is 39.1 Å². The number of nitrogens with one attached hydrogen (secondary N) is 1. The van der Waals surface area contributed by atoms with Gasteiger partial charge >= 0.3 is 0 Å². The molecule has 2 rings (SSSR count). The first-order chi connectivity index (χ1) is 9.56. The van der Waals surface area contributed by atoms with Crippen molar-refractivity contribution in [1.29, 1.82) is 0 Å². The van der Waals surface area contributed by atoms with Gasteiger partial charge in [0, 0.05) is 7.05 Å². The largest absolute Gasteiger partial charge is 0.497 e. The van der Waals surface area contributed by atoms with E-state index < -0.39 is 0 Å². The molecule has 4 heteroatoms. The number of benzene rings is 1. The SMILES string of the molecule is CCC(Nc1c(C)nn(C)c1C)c1ccc(OC)cc1. The number of aromatic nitrogens is 2. The highest BCUT2D eigenvalue weighted by atomic mass is 16.5. The number of hydrogen-bond donors (Lipinski definition) is 1. The summed E-state index contributed by atoms with van der Waals surface area (Å²) in [4.78, 5) is 0. The lowest BCUT2D eigenvalue weighted by atomic mass is 10.0. The summed E-state index contributed by atoms with van der Waals surface area (Å²) in [6, 6.07) is 8.51. The highest BCUT2D eigenvalue weighted by Crippen LogP contribution is 2.27. The zero-order valence-corrected chi connectivity index (χ0v) is 12.9. The standard InChI is InChI=1S/C16H23N3O/c1-6-15(13-7-9-14(20-5)10-8-13)17-16-11(2)18-19(4)12(16)3/h7-10,15,17H,6H2,1-5H3. The molecular formula is C16H23N3O. The van der Waals surface area contributed by atoms with Crippen molar-refractivity contribution < 1.29 is 4.74 Å². The van der Waals surface area contributed by atoms with Gasteiger partial charge in [0.1, 0.15) is 5.75 Å². The van der Waals surface area contributed by atoms with Crippen molar-refractivity contribution in [2.24, 2.45) is 7.05 Å². The van der Waals surface area contributed by atoms with Crippen LogP contribution in [-0.4, -0.2) is 16.9 Å². The van der Waals surface area contributed by atoms with Crippen molar-refractivity contribution in [1.82, 2.24) is 9.78 Å². The van der Waals surface area contributed by atoms with Gasteiger partial charge in [-0.25, -0.2) is 0 Å². The first kappa shape index (κ1) is 14.4. The summed E-state index contributed by atoms with van der Waals surface area (Å²) in [7, 11) is 3.66. The summed E-state index contributed by atoms with van der Waals surface area (Å²) in [5, 5.41) is 8.07. The van der Waals surface area contributed by atoms with E-state index in [0.29, 0.717) is 0 Å². The van der Waals surface area contributed by atoms with Crippen LogP contribution in [0.2, 0.25) is 0 Å². The summed E-state index contributed by atoms with van der Waals surface area (Å²) in [6.07, 6.45) is 1.01. The second kappa shape index (κ2) is 5.99. The van der Waals surface area contributed by atoms with Crippen molar-refractivity contribution in [2.75, 3.05) is 12.4 Å². The fourth-order valence-corrected chi connectivity index (χ4v) is 2.41. The summed E-state index contributed by atoms with van der Waals surface area (Å²) in [5.41, 5.74) is 4.59. The fraction of sp³-hybridized carbons (Fsp3) is 0.438. The third-order valence-corrected chi connectivity index (χ3v) is 3.75. The third-order valence-electron chi connectivity index (χ3n) is 3.75. The second-order valence-electron chi connectivity index (χ2n) is 5.05. The highest BCUT2D eigenvalue weighted by Gasteiger charge is 2.15. The molecule has 0 aliphatic rings. The molecule has 1 N–H and O–H groups in total. The Labute approximate surface area is 120 Å². The van der Waals surface area contributed by atoms with E-state index >= 15 is 0 Å². The monoisotopic (exact) mass is 273 g/mol. The molecule has 0 saturated heterocycles. The van der Waals surface area contributed by atoms with Crippen molar-refractivity contribution in [3.8, 4) is 5.75 Å². The van der Waals surface area contributed by atoms with Crippen LogP contribution in [0.4, 0.5) is 5.69 Å². The van der Waals surface area contributed by atoms with E-state index in [1.807, 2.05) is 30.8 Å². The Morgan fingerprint density at radius 3 is 2.35 bits per heavy atom. The first-order valence-electron chi connectivity index (χ1n) is 6.97. The van der Waals surface area contributed by atoms with E-state index in [1.165, 1.54) is 5.56 Å². The number of anilines is 1. The smallest absolute Gasteiger partial charge is 0.118 e. The van der Waals surface area contributed by atoms with Crippen LogP contribution < -0.4 is 10.1 Å². The molecule has 1 heterocycles. The Bertz CT molecular complexity index is 572. The molecule has 0 aliphatic carbocycles. The Balaban J connectivity index is 2.23. The summed E-state index contributed by atoms with van der Waals surface area (Å²) >= 11 is 0. The predicted molar refractivity (Wildman–Crippen MR) is 82.3 cm³/mol.